The number of nitrogens with zero attached hydrogens (tertiary/aromatic N) is 3. The number of aromatic nitrogens is 3. The number of rotatable bonds is 3. The topological polar surface area (TPSA) is 66.0 Å². The SMILES string of the molecule is Nc1ncnn1-c1ccc(OC(F)(F)C(F)(F)F)cc1. The molecule has 0 atom stereocenters. The van der Waals surface area contributed by atoms with Gasteiger partial charge in [-0.25, -0.2) is 0 Å². The van der Waals surface area contributed by atoms with Crippen LogP contribution < -0.4 is 10.5 Å². The average molecular weight is 294 g/mol. The number of halogens is 5. The summed E-state index contributed by atoms with van der Waals surface area (Å²) in [5.41, 5.74) is 5.79. The van der Waals surface area contributed by atoms with Crippen molar-refractivity contribution in [2.24, 2.45) is 0 Å². The minimum atomic E-state index is -5.79. The van der Waals surface area contributed by atoms with Crippen LogP contribution in [0.1, 0.15) is 0 Å². The Morgan fingerprint density at radius 1 is 1.05 bits per heavy atom. The highest BCUT2D eigenvalue weighted by Crippen LogP contribution is 2.37. The number of anilines is 1. The molecule has 0 fully saturated rings. The van der Waals surface area contributed by atoms with E-state index in [0.29, 0.717) is 5.69 Å². The fourth-order valence-corrected chi connectivity index (χ4v) is 1.31. The number of ether oxygens (including phenoxy) is 1. The molecule has 0 radical (unpaired) electrons. The molecule has 1 aromatic carbocycles. The molecule has 1 aromatic heterocycles. The molecule has 5 nitrogen and oxygen atoms in total. The zero-order valence-electron chi connectivity index (χ0n) is 9.60. The highest BCUT2D eigenvalue weighted by molar-refractivity contribution is 5.40. The monoisotopic (exact) mass is 294 g/mol. The Morgan fingerprint density at radius 3 is 2.10 bits per heavy atom. The van der Waals surface area contributed by atoms with Crippen molar-refractivity contribution in [3.05, 3.63) is 30.6 Å². The van der Waals surface area contributed by atoms with Gasteiger partial charge in [-0.1, -0.05) is 0 Å². The summed E-state index contributed by atoms with van der Waals surface area (Å²) in [4.78, 5) is 3.64. The lowest BCUT2D eigenvalue weighted by Crippen LogP contribution is -2.41. The zero-order valence-corrected chi connectivity index (χ0v) is 9.60. The lowest BCUT2D eigenvalue weighted by Gasteiger charge is -2.20. The van der Waals surface area contributed by atoms with Crippen LogP contribution in [0.5, 0.6) is 5.75 Å². The van der Waals surface area contributed by atoms with E-state index >= 15 is 0 Å². The molecule has 0 bridgehead atoms. The van der Waals surface area contributed by atoms with Gasteiger partial charge in [0.2, 0.25) is 5.95 Å². The summed E-state index contributed by atoms with van der Waals surface area (Å²) in [6.07, 6.45) is -9.89. The molecule has 0 unspecified atom stereocenters. The van der Waals surface area contributed by atoms with Gasteiger partial charge >= 0.3 is 12.3 Å². The van der Waals surface area contributed by atoms with E-state index in [4.69, 9.17) is 5.73 Å². The summed E-state index contributed by atoms with van der Waals surface area (Å²) >= 11 is 0. The van der Waals surface area contributed by atoms with Gasteiger partial charge in [0.25, 0.3) is 0 Å². The highest BCUT2D eigenvalue weighted by Gasteiger charge is 2.61. The first-order valence-corrected chi connectivity index (χ1v) is 5.10. The van der Waals surface area contributed by atoms with Crippen LogP contribution in [0.3, 0.4) is 0 Å². The molecule has 20 heavy (non-hydrogen) atoms. The van der Waals surface area contributed by atoms with E-state index in [1.807, 2.05) is 0 Å². The molecule has 0 saturated carbocycles. The fraction of sp³-hybridized carbons (Fsp3) is 0.200. The zero-order chi connectivity index (χ0) is 15.0. The Kier molecular flexibility index (Phi) is 3.24. The fourth-order valence-electron chi connectivity index (χ4n) is 1.31. The van der Waals surface area contributed by atoms with Gasteiger partial charge in [0.15, 0.2) is 0 Å². The molecular formula is C10H7F5N4O. The van der Waals surface area contributed by atoms with E-state index in [-0.39, 0.29) is 5.95 Å². The third-order valence-electron chi connectivity index (χ3n) is 2.23. The van der Waals surface area contributed by atoms with Crippen molar-refractivity contribution in [1.82, 2.24) is 14.8 Å². The Balaban J connectivity index is 2.20. The predicted molar refractivity (Wildman–Crippen MR) is 57.4 cm³/mol. The van der Waals surface area contributed by atoms with Crippen molar-refractivity contribution in [2.75, 3.05) is 5.73 Å². The highest BCUT2D eigenvalue weighted by atomic mass is 19.4. The lowest BCUT2D eigenvalue weighted by molar-refractivity contribution is -0.360. The van der Waals surface area contributed by atoms with Crippen LogP contribution in [0.4, 0.5) is 27.9 Å². The summed E-state index contributed by atoms with van der Waals surface area (Å²) < 4.78 is 66.0. The maximum Gasteiger partial charge on any atom is 0.499 e. The summed E-state index contributed by atoms with van der Waals surface area (Å²) in [7, 11) is 0. The van der Waals surface area contributed by atoms with Crippen molar-refractivity contribution in [3.63, 3.8) is 0 Å². The summed E-state index contributed by atoms with van der Waals surface area (Å²) in [5.74, 6) is -0.603. The molecule has 0 spiro atoms. The second-order valence-electron chi connectivity index (χ2n) is 3.64. The first kappa shape index (κ1) is 14.0. The Labute approximate surface area is 108 Å². The molecule has 1 heterocycles. The van der Waals surface area contributed by atoms with E-state index in [0.717, 1.165) is 18.5 Å². The van der Waals surface area contributed by atoms with Crippen LogP contribution in [-0.4, -0.2) is 27.0 Å². The van der Waals surface area contributed by atoms with Crippen molar-refractivity contribution >= 4 is 5.95 Å². The van der Waals surface area contributed by atoms with Gasteiger partial charge in [0, 0.05) is 0 Å². The standard InChI is InChI=1S/C10H7F5N4O/c11-9(12,13)10(14,15)20-7-3-1-6(2-4-7)19-8(16)17-5-18-19/h1-5H,(H2,16,17,18). The van der Waals surface area contributed by atoms with Gasteiger partial charge in [-0.05, 0) is 24.3 Å². The van der Waals surface area contributed by atoms with Crippen molar-refractivity contribution in [3.8, 4) is 11.4 Å². The van der Waals surface area contributed by atoms with Crippen LogP contribution in [0.15, 0.2) is 30.6 Å². The first-order chi connectivity index (χ1) is 9.21. The number of nitrogen functional groups attached to an aromatic ring is 1. The van der Waals surface area contributed by atoms with Crippen LogP contribution >= 0.6 is 0 Å². The van der Waals surface area contributed by atoms with Crippen LogP contribution in [0, 0.1) is 0 Å². The van der Waals surface area contributed by atoms with E-state index in [2.05, 4.69) is 14.8 Å². The second kappa shape index (κ2) is 4.62. The normalized spacial score (nSPS) is 12.4. The third kappa shape index (κ3) is 2.63. The molecule has 10 heteroatoms. The molecule has 2 N–H and O–H groups in total. The number of hydrogen-bond acceptors (Lipinski definition) is 4. The van der Waals surface area contributed by atoms with Crippen LogP contribution in [0.25, 0.3) is 5.69 Å². The molecule has 0 aliphatic rings. The summed E-state index contributed by atoms with van der Waals surface area (Å²) in [6.45, 7) is 0. The van der Waals surface area contributed by atoms with Gasteiger partial charge in [0.1, 0.15) is 12.1 Å². The van der Waals surface area contributed by atoms with E-state index in [9.17, 15) is 22.0 Å². The molecular weight excluding hydrogens is 287 g/mol. The van der Waals surface area contributed by atoms with Crippen molar-refractivity contribution < 1.29 is 26.7 Å². The summed E-state index contributed by atoms with van der Waals surface area (Å²) in [5, 5.41) is 3.74. The van der Waals surface area contributed by atoms with Gasteiger partial charge in [-0.15, -0.1) is 0 Å². The predicted octanol–water partition coefficient (Wildman–Crippen LogP) is 2.38. The molecule has 0 saturated heterocycles. The average Bonchev–Trinajstić information content (AvgIpc) is 2.74. The van der Waals surface area contributed by atoms with Crippen molar-refractivity contribution in [2.45, 2.75) is 12.3 Å². The maximum atomic E-state index is 12.7. The van der Waals surface area contributed by atoms with Gasteiger partial charge < -0.3 is 10.5 Å². The van der Waals surface area contributed by atoms with E-state index < -0.39 is 18.0 Å². The Bertz CT molecular complexity index is 592. The number of hydrogen-bond donors (Lipinski definition) is 1. The van der Waals surface area contributed by atoms with Crippen LogP contribution in [-0.2, 0) is 0 Å². The van der Waals surface area contributed by atoms with Crippen molar-refractivity contribution in [1.29, 1.82) is 0 Å². The second-order valence-corrected chi connectivity index (χ2v) is 3.64. The van der Waals surface area contributed by atoms with E-state index in [1.165, 1.54) is 16.8 Å². The molecule has 0 aliphatic heterocycles. The molecule has 2 rings (SSSR count). The Morgan fingerprint density at radius 2 is 1.65 bits per heavy atom. The van der Waals surface area contributed by atoms with Crippen LogP contribution in [0.2, 0.25) is 0 Å². The van der Waals surface area contributed by atoms with E-state index in [1.54, 1.807) is 0 Å². The molecule has 0 aliphatic carbocycles. The third-order valence-corrected chi connectivity index (χ3v) is 2.23. The minimum absolute atomic E-state index is 0.0410. The van der Waals surface area contributed by atoms with Gasteiger partial charge in [-0.3, -0.25) is 0 Å². The molecule has 108 valence electrons. The molecule has 0 amide bonds. The van der Waals surface area contributed by atoms with Gasteiger partial charge in [-0.2, -0.15) is 36.7 Å². The number of alkyl halides is 5. The quantitative estimate of drug-likeness (QED) is 0.883. The lowest BCUT2D eigenvalue weighted by atomic mass is 10.3. The number of nitrogens with two attached hydrogens (primary N) is 1. The maximum absolute atomic E-state index is 12.7. The minimum Gasteiger partial charge on any atom is -0.426 e. The molecule has 2 aromatic rings. The van der Waals surface area contributed by atoms with Gasteiger partial charge in [0.05, 0.1) is 5.69 Å². The summed E-state index contributed by atoms with van der Waals surface area (Å²) in [6, 6.07) is 4.31. The first-order valence-electron chi connectivity index (χ1n) is 5.10. The number of benzene rings is 1. The smallest absolute Gasteiger partial charge is 0.426 e. The largest absolute Gasteiger partial charge is 0.499 e. The Hall–Kier alpha value is -2.39.